The molecule has 2 N–H and O–H groups in total. The van der Waals surface area contributed by atoms with Crippen LogP contribution >= 0.6 is 0 Å². The number of hydrogen-bond donors (Lipinski definition) is 1. The van der Waals surface area contributed by atoms with E-state index in [2.05, 4.69) is 6.07 Å². The van der Waals surface area contributed by atoms with Crippen LogP contribution in [0.3, 0.4) is 0 Å². The molecule has 1 saturated heterocycles. The molecule has 0 aromatic heterocycles. The smallest absolute Gasteiger partial charge is 0.246 e. The van der Waals surface area contributed by atoms with Gasteiger partial charge in [-0.05, 0) is 38.3 Å². The third-order valence-electron chi connectivity index (χ3n) is 3.83. The summed E-state index contributed by atoms with van der Waals surface area (Å²) in [5.41, 5.74) is 8.67. The number of likely N-dealkylation sites (N-methyl/N-ethyl adjacent to an activating group) is 1. The maximum absolute atomic E-state index is 12.6. The number of carbonyl (C=O) groups is 1. The zero-order chi connectivity index (χ0) is 14.0. The molecule has 0 saturated carbocycles. The number of nitrogens with two attached hydrogens (primary N) is 1. The van der Waals surface area contributed by atoms with Crippen LogP contribution in [0, 0.1) is 13.8 Å². The van der Waals surface area contributed by atoms with Crippen LogP contribution in [0.2, 0.25) is 0 Å². The fourth-order valence-electron chi connectivity index (χ4n) is 2.57. The highest BCUT2D eigenvalue weighted by Gasteiger charge is 2.38. The van der Waals surface area contributed by atoms with Crippen LogP contribution < -0.4 is 10.6 Å². The second-order valence-electron chi connectivity index (χ2n) is 5.42. The van der Waals surface area contributed by atoms with Crippen molar-refractivity contribution in [1.82, 2.24) is 0 Å². The van der Waals surface area contributed by atoms with E-state index in [9.17, 15) is 4.79 Å². The predicted octanol–water partition coefficient (Wildman–Crippen LogP) is 1.77. The minimum atomic E-state index is -0.787. The standard InChI is InChI=1S/C15H22N2O2/c1-11-4-5-13(12(2)10-11)17(3)14(18)15(16)6-8-19-9-7-15/h4-5,10H,6-9,16H2,1-3H3. The molecule has 0 spiro atoms. The number of anilines is 1. The lowest BCUT2D eigenvalue weighted by atomic mass is 9.89. The Morgan fingerprint density at radius 1 is 1.32 bits per heavy atom. The first-order valence-corrected chi connectivity index (χ1v) is 6.66. The SMILES string of the molecule is Cc1ccc(N(C)C(=O)C2(N)CCOCC2)c(C)c1. The first-order valence-electron chi connectivity index (χ1n) is 6.66. The highest BCUT2D eigenvalue weighted by Crippen LogP contribution is 2.26. The Kier molecular flexibility index (Phi) is 3.92. The summed E-state index contributed by atoms with van der Waals surface area (Å²) in [7, 11) is 1.80. The molecule has 0 unspecified atom stereocenters. The Balaban J connectivity index is 2.23. The fourth-order valence-corrected chi connectivity index (χ4v) is 2.57. The van der Waals surface area contributed by atoms with E-state index >= 15 is 0 Å². The Morgan fingerprint density at radius 3 is 2.53 bits per heavy atom. The van der Waals surface area contributed by atoms with Crippen molar-refractivity contribution in [2.75, 3.05) is 25.2 Å². The molecule has 19 heavy (non-hydrogen) atoms. The van der Waals surface area contributed by atoms with Crippen molar-refractivity contribution < 1.29 is 9.53 Å². The van der Waals surface area contributed by atoms with E-state index in [1.165, 1.54) is 5.56 Å². The molecule has 4 nitrogen and oxygen atoms in total. The highest BCUT2D eigenvalue weighted by molar-refractivity contribution is 6.00. The van der Waals surface area contributed by atoms with Crippen molar-refractivity contribution in [2.45, 2.75) is 32.2 Å². The zero-order valence-corrected chi connectivity index (χ0v) is 11.9. The lowest BCUT2D eigenvalue weighted by Crippen LogP contribution is -2.57. The predicted molar refractivity (Wildman–Crippen MR) is 76.3 cm³/mol. The molecule has 0 atom stereocenters. The molecule has 1 aliphatic rings. The molecule has 0 bridgehead atoms. The van der Waals surface area contributed by atoms with Gasteiger partial charge in [0.15, 0.2) is 0 Å². The van der Waals surface area contributed by atoms with E-state index in [0.717, 1.165) is 11.3 Å². The Hall–Kier alpha value is -1.39. The summed E-state index contributed by atoms with van der Waals surface area (Å²) in [6.07, 6.45) is 1.17. The van der Waals surface area contributed by atoms with Crippen LogP contribution in [-0.4, -0.2) is 31.7 Å². The summed E-state index contributed by atoms with van der Waals surface area (Å²) in [6, 6.07) is 6.07. The molecule has 1 aliphatic heterocycles. The molecule has 4 heteroatoms. The van der Waals surface area contributed by atoms with Gasteiger partial charge in [0.1, 0.15) is 5.54 Å². The molecular formula is C15H22N2O2. The molecule has 1 aromatic carbocycles. The molecular weight excluding hydrogens is 240 g/mol. The van der Waals surface area contributed by atoms with Crippen LogP contribution in [0.1, 0.15) is 24.0 Å². The Bertz CT molecular complexity index is 479. The summed E-state index contributed by atoms with van der Waals surface area (Å²) in [6.45, 7) is 5.17. The van der Waals surface area contributed by atoms with Gasteiger partial charge in [-0.25, -0.2) is 0 Å². The number of benzene rings is 1. The van der Waals surface area contributed by atoms with E-state index in [-0.39, 0.29) is 5.91 Å². The van der Waals surface area contributed by atoms with E-state index in [1.807, 2.05) is 26.0 Å². The number of hydrogen-bond acceptors (Lipinski definition) is 3. The average Bonchev–Trinajstić information content (AvgIpc) is 2.38. The van der Waals surface area contributed by atoms with Crippen molar-refractivity contribution >= 4 is 11.6 Å². The maximum Gasteiger partial charge on any atom is 0.246 e. The molecule has 1 fully saturated rings. The minimum Gasteiger partial charge on any atom is -0.381 e. The number of aryl methyl sites for hydroxylation is 2. The summed E-state index contributed by atoms with van der Waals surface area (Å²) in [4.78, 5) is 14.3. The second-order valence-corrected chi connectivity index (χ2v) is 5.42. The van der Waals surface area contributed by atoms with Gasteiger partial charge in [-0.1, -0.05) is 17.7 Å². The van der Waals surface area contributed by atoms with Crippen molar-refractivity contribution in [3.05, 3.63) is 29.3 Å². The van der Waals surface area contributed by atoms with Crippen molar-refractivity contribution in [1.29, 1.82) is 0 Å². The van der Waals surface area contributed by atoms with Crippen LogP contribution in [-0.2, 0) is 9.53 Å². The van der Waals surface area contributed by atoms with Crippen molar-refractivity contribution in [3.63, 3.8) is 0 Å². The van der Waals surface area contributed by atoms with E-state index in [0.29, 0.717) is 26.1 Å². The molecule has 104 valence electrons. The third kappa shape index (κ3) is 2.80. The lowest BCUT2D eigenvalue weighted by molar-refractivity contribution is -0.126. The number of nitrogens with zero attached hydrogens (tertiary/aromatic N) is 1. The van der Waals surface area contributed by atoms with Crippen LogP contribution in [0.4, 0.5) is 5.69 Å². The van der Waals surface area contributed by atoms with E-state index in [1.54, 1.807) is 11.9 Å². The van der Waals surface area contributed by atoms with E-state index < -0.39 is 5.54 Å². The molecule has 0 radical (unpaired) electrons. The summed E-state index contributed by atoms with van der Waals surface area (Å²) in [5.74, 6) is -0.0252. The maximum atomic E-state index is 12.6. The molecule has 2 rings (SSSR count). The van der Waals surface area contributed by atoms with Gasteiger partial charge in [0.2, 0.25) is 5.91 Å². The highest BCUT2D eigenvalue weighted by atomic mass is 16.5. The Labute approximate surface area is 114 Å². The van der Waals surface area contributed by atoms with E-state index in [4.69, 9.17) is 10.5 Å². The second kappa shape index (κ2) is 5.31. The van der Waals surface area contributed by atoms with Crippen molar-refractivity contribution in [2.24, 2.45) is 5.73 Å². The van der Waals surface area contributed by atoms with Gasteiger partial charge in [0.25, 0.3) is 0 Å². The monoisotopic (exact) mass is 262 g/mol. The van der Waals surface area contributed by atoms with Crippen LogP contribution in [0.15, 0.2) is 18.2 Å². The number of rotatable bonds is 2. The molecule has 1 amide bonds. The van der Waals surface area contributed by atoms with Gasteiger partial charge >= 0.3 is 0 Å². The fraction of sp³-hybridized carbons (Fsp3) is 0.533. The largest absolute Gasteiger partial charge is 0.381 e. The number of ether oxygens (including phenoxy) is 1. The summed E-state index contributed by atoms with van der Waals surface area (Å²) in [5, 5.41) is 0. The Morgan fingerprint density at radius 2 is 1.95 bits per heavy atom. The number of amides is 1. The lowest BCUT2D eigenvalue weighted by Gasteiger charge is -2.35. The normalized spacial score (nSPS) is 18.1. The molecule has 1 heterocycles. The quantitative estimate of drug-likeness (QED) is 0.884. The van der Waals surface area contributed by atoms with Crippen LogP contribution in [0.25, 0.3) is 0 Å². The molecule has 0 aliphatic carbocycles. The van der Waals surface area contributed by atoms with Gasteiger partial charge in [0, 0.05) is 25.9 Å². The third-order valence-corrected chi connectivity index (χ3v) is 3.83. The van der Waals surface area contributed by atoms with Crippen molar-refractivity contribution in [3.8, 4) is 0 Å². The minimum absolute atomic E-state index is 0.0252. The first kappa shape index (κ1) is 14.0. The molecule has 1 aromatic rings. The van der Waals surface area contributed by atoms with Gasteiger partial charge in [0.05, 0.1) is 0 Å². The first-order chi connectivity index (χ1) is 8.94. The summed E-state index contributed by atoms with van der Waals surface area (Å²) < 4.78 is 5.29. The average molecular weight is 262 g/mol. The number of carbonyl (C=O) groups excluding carboxylic acids is 1. The topological polar surface area (TPSA) is 55.6 Å². The van der Waals surface area contributed by atoms with Gasteiger partial charge < -0.3 is 15.4 Å². The van der Waals surface area contributed by atoms with Crippen LogP contribution in [0.5, 0.6) is 0 Å². The summed E-state index contributed by atoms with van der Waals surface area (Å²) >= 11 is 0. The van der Waals surface area contributed by atoms with Gasteiger partial charge in [-0.15, -0.1) is 0 Å². The van der Waals surface area contributed by atoms with Gasteiger partial charge in [-0.3, -0.25) is 4.79 Å². The van der Waals surface area contributed by atoms with Gasteiger partial charge in [-0.2, -0.15) is 0 Å². The zero-order valence-electron chi connectivity index (χ0n) is 11.9.